The molecule has 2 aliphatic rings. The smallest absolute Gasteiger partial charge is 0.244 e. The van der Waals surface area contributed by atoms with Crippen molar-refractivity contribution in [3.8, 4) is 0 Å². The third-order valence-corrected chi connectivity index (χ3v) is 5.07. The number of hydrogen-bond donors (Lipinski definition) is 0. The first kappa shape index (κ1) is 11.3. The van der Waals surface area contributed by atoms with E-state index in [1.54, 1.807) is 6.20 Å². The van der Waals surface area contributed by atoms with E-state index in [2.05, 4.69) is 15.1 Å². The summed E-state index contributed by atoms with van der Waals surface area (Å²) in [6, 6.07) is 0.364. The van der Waals surface area contributed by atoms with Gasteiger partial charge in [0.2, 0.25) is 15.0 Å². The maximum atomic E-state index is 11.5. The van der Waals surface area contributed by atoms with Crippen LogP contribution >= 0.6 is 0 Å². The zero-order valence-electron chi connectivity index (χ0n) is 10.5. The summed E-state index contributed by atoms with van der Waals surface area (Å²) < 4.78 is 25.0. The molecular weight excluding hydrogens is 264 g/mol. The first-order chi connectivity index (χ1) is 9.02. The van der Waals surface area contributed by atoms with Crippen molar-refractivity contribution in [1.82, 2.24) is 19.7 Å². The van der Waals surface area contributed by atoms with E-state index in [-0.39, 0.29) is 5.16 Å². The highest BCUT2D eigenvalue weighted by atomic mass is 32.2. The predicted molar refractivity (Wildman–Crippen MR) is 68.3 cm³/mol. The molecule has 19 heavy (non-hydrogen) atoms. The van der Waals surface area contributed by atoms with Crippen LogP contribution in [0.3, 0.4) is 0 Å². The van der Waals surface area contributed by atoms with Crippen LogP contribution in [0.25, 0.3) is 11.0 Å². The van der Waals surface area contributed by atoms with Crippen molar-refractivity contribution in [3.63, 3.8) is 0 Å². The number of aromatic nitrogens is 4. The fraction of sp³-hybridized carbons (Fsp3) is 0.583. The van der Waals surface area contributed by atoms with E-state index in [1.807, 2.05) is 4.68 Å². The molecule has 0 aromatic carbocycles. The third kappa shape index (κ3) is 1.75. The van der Waals surface area contributed by atoms with Crippen LogP contribution in [-0.2, 0) is 9.84 Å². The van der Waals surface area contributed by atoms with Crippen LogP contribution in [-0.4, -0.2) is 34.4 Å². The highest BCUT2D eigenvalue weighted by Gasteiger charge is 2.47. The van der Waals surface area contributed by atoms with Crippen molar-refractivity contribution < 1.29 is 8.42 Å². The standard InChI is InChI=1S/C12H14N4O2S/c1-19(17,18)12-13-5-9-6-14-16(11(9)15-12)10-3-7-2-8(7)4-10/h5-8,10H,2-4H2,1H3/t7-,8-/m1/s1. The van der Waals surface area contributed by atoms with Gasteiger partial charge in [0, 0.05) is 12.5 Å². The van der Waals surface area contributed by atoms with Crippen LogP contribution in [0.4, 0.5) is 0 Å². The first-order valence-electron chi connectivity index (χ1n) is 6.42. The minimum atomic E-state index is -3.38. The Bertz CT molecular complexity index is 757. The Balaban J connectivity index is 1.82. The van der Waals surface area contributed by atoms with Crippen molar-refractivity contribution >= 4 is 20.9 Å². The summed E-state index contributed by atoms with van der Waals surface area (Å²) in [5.41, 5.74) is 0.640. The van der Waals surface area contributed by atoms with Crippen LogP contribution in [0.1, 0.15) is 25.3 Å². The Morgan fingerprint density at radius 1 is 1.21 bits per heavy atom. The number of fused-ring (bicyclic) bond motifs is 2. The highest BCUT2D eigenvalue weighted by Crippen LogP contribution is 2.56. The van der Waals surface area contributed by atoms with Gasteiger partial charge in [-0.3, -0.25) is 0 Å². The highest BCUT2D eigenvalue weighted by molar-refractivity contribution is 7.90. The van der Waals surface area contributed by atoms with Crippen molar-refractivity contribution in [2.45, 2.75) is 30.5 Å². The van der Waals surface area contributed by atoms with Crippen LogP contribution in [0.2, 0.25) is 0 Å². The zero-order chi connectivity index (χ0) is 13.2. The largest absolute Gasteiger partial charge is 0.248 e. The molecule has 0 bridgehead atoms. The molecule has 0 aliphatic heterocycles. The van der Waals surface area contributed by atoms with Gasteiger partial charge in [0.15, 0.2) is 5.65 Å². The molecule has 2 aliphatic carbocycles. The third-order valence-electron chi connectivity index (χ3n) is 4.21. The maximum absolute atomic E-state index is 11.5. The second-order valence-electron chi connectivity index (χ2n) is 5.67. The normalized spacial score (nSPS) is 26.8. The van der Waals surface area contributed by atoms with Gasteiger partial charge in [-0.25, -0.2) is 18.1 Å². The van der Waals surface area contributed by atoms with Crippen molar-refractivity contribution in [1.29, 1.82) is 0 Å². The zero-order valence-corrected chi connectivity index (χ0v) is 11.3. The second kappa shape index (κ2) is 3.53. The monoisotopic (exact) mass is 278 g/mol. The van der Waals surface area contributed by atoms with Gasteiger partial charge in [-0.05, 0) is 31.1 Å². The molecule has 6 nitrogen and oxygen atoms in total. The number of hydrogen-bond acceptors (Lipinski definition) is 5. The Kier molecular flexibility index (Phi) is 2.11. The summed E-state index contributed by atoms with van der Waals surface area (Å²) in [5, 5.41) is 5.05. The molecule has 0 spiro atoms. The van der Waals surface area contributed by atoms with Gasteiger partial charge in [-0.15, -0.1) is 0 Å². The van der Waals surface area contributed by atoms with Crippen molar-refractivity contribution in [2.24, 2.45) is 11.8 Å². The van der Waals surface area contributed by atoms with E-state index >= 15 is 0 Å². The van der Waals surface area contributed by atoms with E-state index in [0.717, 1.165) is 36.3 Å². The molecule has 2 fully saturated rings. The fourth-order valence-electron chi connectivity index (χ4n) is 3.15. The molecule has 2 aromatic rings. The SMILES string of the molecule is CS(=O)(=O)c1ncc2cnn(C3C[C@H]4C[C@@H]4C3)c2n1. The van der Waals surface area contributed by atoms with Crippen molar-refractivity contribution in [3.05, 3.63) is 12.4 Å². The molecular formula is C12H14N4O2S. The first-order valence-corrected chi connectivity index (χ1v) is 8.32. The molecule has 0 amide bonds. The van der Waals surface area contributed by atoms with Crippen LogP contribution in [0.5, 0.6) is 0 Å². The van der Waals surface area contributed by atoms with E-state index in [0.29, 0.717) is 11.7 Å². The quantitative estimate of drug-likeness (QED) is 0.771. The average Bonchev–Trinajstić information content (AvgIpc) is 2.82. The molecule has 2 atom stereocenters. The molecule has 0 N–H and O–H groups in total. The lowest BCUT2D eigenvalue weighted by Crippen LogP contribution is -2.11. The molecule has 2 saturated carbocycles. The number of nitrogens with zero attached hydrogens (tertiary/aromatic N) is 4. The summed E-state index contributed by atoms with van der Waals surface area (Å²) in [6.07, 6.45) is 8.00. The fourth-order valence-corrected chi connectivity index (χ4v) is 3.65. The lowest BCUT2D eigenvalue weighted by molar-refractivity contribution is 0.435. The maximum Gasteiger partial charge on any atom is 0.248 e. The number of rotatable bonds is 2. The molecule has 2 heterocycles. The lowest BCUT2D eigenvalue weighted by Gasteiger charge is -2.13. The number of sulfone groups is 1. The van der Waals surface area contributed by atoms with E-state index < -0.39 is 9.84 Å². The second-order valence-corrected chi connectivity index (χ2v) is 7.58. The minimum Gasteiger partial charge on any atom is -0.244 e. The van der Waals surface area contributed by atoms with Gasteiger partial charge < -0.3 is 0 Å². The summed E-state index contributed by atoms with van der Waals surface area (Å²) in [5.74, 6) is 1.70. The van der Waals surface area contributed by atoms with E-state index in [1.165, 1.54) is 12.6 Å². The van der Waals surface area contributed by atoms with Gasteiger partial charge in [-0.2, -0.15) is 10.1 Å². The van der Waals surface area contributed by atoms with Gasteiger partial charge >= 0.3 is 0 Å². The van der Waals surface area contributed by atoms with Gasteiger partial charge in [0.25, 0.3) is 0 Å². The van der Waals surface area contributed by atoms with Gasteiger partial charge in [0.05, 0.1) is 17.6 Å². The summed E-state index contributed by atoms with van der Waals surface area (Å²) in [6.45, 7) is 0. The topological polar surface area (TPSA) is 77.7 Å². The molecule has 0 saturated heterocycles. The van der Waals surface area contributed by atoms with E-state index in [4.69, 9.17) is 0 Å². The molecule has 0 unspecified atom stereocenters. The van der Waals surface area contributed by atoms with Gasteiger partial charge in [0.1, 0.15) is 0 Å². The summed E-state index contributed by atoms with van der Waals surface area (Å²) in [4.78, 5) is 8.08. The minimum absolute atomic E-state index is 0.120. The summed E-state index contributed by atoms with van der Waals surface area (Å²) >= 11 is 0. The van der Waals surface area contributed by atoms with Gasteiger partial charge in [-0.1, -0.05) is 0 Å². The lowest BCUT2D eigenvalue weighted by atomic mass is 10.2. The Hall–Kier alpha value is -1.50. The average molecular weight is 278 g/mol. The Labute approximate surface area is 110 Å². The predicted octanol–water partition coefficient (Wildman–Crippen LogP) is 1.20. The molecule has 2 aromatic heterocycles. The Morgan fingerprint density at radius 3 is 2.63 bits per heavy atom. The van der Waals surface area contributed by atoms with Crippen LogP contribution in [0, 0.1) is 11.8 Å². The Morgan fingerprint density at radius 2 is 1.95 bits per heavy atom. The van der Waals surface area contributed by atoms with Crippen LogP contribution in [0.15, 0.2) is 17.6 Å². The molecule has 100 valence electrons. The molecule has 7 heteroatoms. The van der Waals surface area contributed by atoms with Crippen molar-refractivity contribution in [2.75, 3.05) is 6.26 Å². The van der Waals surface area contributed by atoms with Crippen LogP contribution < -0.4 is 0 Å². The van der Waals surface area contributed by atoms with E-state index in [9.17, 15) is 8.42 Å². The molecule has 0 radical (unpaired) electrons. The molecule has 4 rings (SSSR count). The summed E-state index contributed by atoms with van der Waals surface area (Å²) in [7, 11) is -3.38.